The van der Waals surface area contributed by atoms with Gasteiger partial charge in [-0.3, -0.25) is 4.79 Å². The van der Waals surface area contributed by atoms with Gasteiger partial charge in [-0.25, -0.2) is 0 Å². The summed E-state index contributed by atoms with van der Waals surface area (Å²) in [6, 6.07) is 16.1. The van der Waals surface area contributed by atoms with Crippen molar-refractivity contribution in [3.63, 3.8) is 0 Å². The molecule has 4 rings (SSSR count). The Kier molecular flexibility index (Phi) is 6.21. The average molecular weight is 420 g/mol. The Morgan fingerprint density at radius 2 is 1.74 bits per heavy atom. The number of hydrogen-bond acceptors (Lipinski definition) is 6. The largest absolute Gasteiger partial charge is 0.497 e. The maximum atomic E-state index is 12.7. The highest BCUT2D eigenvalue weighted by molar-refractivity contribution is 6.07. The quantitative estimate of drug-likeness (QED) is 0.660. The SMILES string of the molecule is CC[C@@H](C)NC(=O)c1nnc(N2CCN(c3cccc(OC)c3)CC2)c2ccccc12. The second kappa shape index (κ2) is 9.20. The van der Waals surface area contributed by atoms with Gasteiger partial charge in [0.05, 0.1) is 7.11 Å². The molecule has 1 amide bonds. The summed E-state index contributed by atoms with van der Waals surface area (Å²) in [4.78, 5) is 17.3. The van der Waals surface area contributed by atoms with Gasteiger partial charge in [-0.05, 0) is 25.5 Å². The highest BCUT2D eigenvalue weighted by Gasteiger charge is 2.23. The van der Waals surface area contributed by atoms with Gasteiger partial charge < -0.3 is 19.9 Å². The Morgan fingerprint density at radius 1 is 1.03 bits per heavy atom. The number of carbonyl (C=O) groups is 1. The molecule has 3 aromatic rings. The van der Waals surface area contributed by atoms with E-state index in [1.54, 1.807) is 7.11 Å². The molecule has 7 heteroatoms. The lowest BCUT2D eigenvalue weighted by Gasteiger charge is -2.37. The molecule has 1 aliphatic rings. The molecule has 0 unspecified atom stereocenters. The summed E-state index contributed by atoms with van der Waals surface area (Å²) < 4.78 is 5.36. The Hall–Kier alpha value is -3.35. The summed E-state index contributed by atoms with van der Waals surface area (Å²) in [5, 5.41) is 13.6. The maximum Gasteiger partial charge on any atom is 0.272 e. The minimum Gasteiger partial charge on any atom is -0.497 e. The number of carbonyl (C=O) groups excluding carboxylic acids is 1. The first-order valence-corrected chi connectivity index (χ1v) is 10.8. The third kappa shape index (κ3) is 4.40. The molecule has 1 atom stereocenters. The van der Waals surface area contributed by atoms with Crippen LogP contribution in [0.25, 0.3) is 10.8 Å². The topological polar surface area (TPSA) is 70.6 Å². The zero-order valence-corrected chi connectivity index (χ0v) is 18.3. The summed E-state index contributed by atoms with van der Waals surface area (Å²) >= 11 is 0. The lowest BCUT2D eigenvalue weighted by Crippen LogP contribution is -2.47. The third-order valence-corrected chi connectivity index (χ3v) is 5.87. The van der Waals surface area contributed by atoms with E-state index in [0.29, 0.717) is 5.69 Å². The Morgan fingerprint density at radius 3 is 2.45 bits per heavy atom. The van der Waals surface area contributed by atoms with Crippen LogP contribution in [-0.4, -0.2) is 55.4 Å². The van der Waals surface area contributed by atoms with E-state index in [-0.39, 0.29) is 11.9 Å². The number of ether oxygens (including phenoxy) is 1. The van der Waals surface area contributed by atoms with Crippen LogP contribution < -0.4 is 19.9 Å². The monoisotopic (exact) mass is 419 g/mol. The van der Waals surface area contributed by atoms with E-state index in [1.807, 2.05) is 50.2 Å². The number of benzene rings is 2. The molecule has 2 heterocycles. The predicted molar refractivity (Wildman–Crippen MR) is 124 cm³/mol. The van der Waals surface area contributed by atoms with Crippen molar-refractivity contribution in [3.8, 4) is 5.75 Å². The Labute approximate surface area is 183 Å². The maximum absolute atomic E-state index is 12.7. The van der Waals surface area contributed by atoms with Crippen molar-refractivity contribution in [2.45, 2.75) is 26.3 Å². The van der Waals surface area contributed by atoms with Crippen molar-refractivity contribution in [2.75, 3.05) is 43.1 Å². The molecule has 162 valence electrons. The molecule has 7 nitrogen and oxygen atoms in total. The molecule has 0 bridgehead atoms. The van der Waals surface area contributed by atoms with Crippen molar-refractivity contribution in [1.29, 1.82) is 0 Å². The van der Waals surface area contributed by atoms with E-state index in [2.05, 4.69) is 37.4 Å². The molecule has 1 saturated heterocycles. The first-order chi connectivity index (χ1) is 15.1. The fourth-order valence-electron chi connectivity index (χ4n) is 3.87. The summed E-state index contributed by atoms with van der Waals surface area (Å²) in [6.07, 6.45) is 0.868. The smallest absolute Gasteiger partial charge is 0.272 e. The number of amides is 1. The number of nitrogens with zero attached hydrogens (tertiary/aromatic N) is 4. The van der Waals surface area contributed by atoms with Gasteiger partial charge in [0, 0.05) is 54.7 Å². The van der Waals surface area contributed by atoms with Gasteiger partial charge in [0.2, 0.25) is 0 Å². The van der Waals surface area contributed by atoms with Crippen LogP contribution in [-0.2, 0) is 0 Å². The van der Waals surface area contributed by atoms with Crippen molar-refractivity contribution in [1.82, 2.24) is 15.5 Å². The summed E-state index contributed by atoms with van der Waals surface area (Å²) in [6.45, 7) is 7.44. The number of hydrogen-bond donors (Lipinski definition) is 1. The van der Waals surface area contributed by atoms with Crippen LogP contribution in [0.5, 0.6) is 5.75 Å². The molecule has 1 aromatic heterocycles. The standard InChI is InChI=1S/C24H29N5O2/c1-4-17(2)25-24(30)22-20-10-5-6-11-21(20)23(27-26-22)29-14-12-28(13-15-29)18-8-7-9-19(16-18)31-3/h5-11,16-17H,4,12-15H2,1-3H3,(H,25,30)/t17-/m1/s1. The summed E-state index contributed by atoms with van der Waals surface area (Å²) in [7, 11) is 1.69. The molecule has 0 spiro atoms. The number of fused-ring (bicyclic) bond motifs is 1. The fourth-order valence-corrected chi connectivity index (χ4v) is 3.87. The zero-order chi connectivity index (χ0) is 21.8. The average Bonchev–Trinajstić information content (AvgIpc) is 2.83. The molecule has 0 radical (unpaired) electrons. The van der Waals surface area contributed by atoms with Crippen molar-refractivity contribution in [3.05, 3.63) is 54.2 Å². The zero-order valence-electron chi connectivity index (χ0n) is 18.3. The molecule has 2 aromatic carbocycles. The van der Waals surface area contributed by atoms with Crippen LogP contribution in [0.15, 0.2) is 48.5 Å². The first-order valence-electron chi connectivity index (χ1n) is 10.8. The third-order valence-electron chi connectivity index (χ3n) is 5.87. The first kappa shape index (κ1) is 20.9. The molecule has 1 N–H and O–H groups in total. The number of aromatic nitrogens is 2. The van der Waals surface area contributed by atoms with Crippen molar-refractivity contribution >= 4 is 28.2 Å². The van der Waals surface area contributed by atoms with Gasteiger partial charge in [-0.1, -0.05) is 37.3 Å². The number of nitrogens with one attached hydrogen (secondary N) is 1. The highest BCUT2D eigenvalue weighted by atomic mass is 16.5. The normalized spacial score (nSPS) is 15.1. The summed E-state index contributed by atoms with van der Waals surface area (Å²) in [5.74, 6) is 1.52. The second-order valence-electron chi connectivity index (χ2n) is 7.88. The Bertz CT molecular complexity index is 1060. The van der Waals surface area contributed by atoms with E-state index < -0.39 is 0 Å². The number of rotatable bonds is 6. The van der Waals surface area contributed by atoms with Crippen LogP contribution in [0.4, 0.5) is 11.5 Å². The molecule has 1 aliphatic heterocycles. The van der Waals surface area contributed by atoms with Crippen molar-refractivity contribution < 1.29 is 9.53 Å². The van der Waals surface area contributed by atoms with Gasteiger partial charge in [-0.2, -0.15) is 0 Å². The van der Waals surface area contributed by atoms with E-state index in [4.69, 9.17) is 4.74 Å². The van der Waals surface area contributed by atoms with Crippen LogP contribution in [0, 0.1) is 0 Å². The molecule has 31 heavy (non-hydrogen) atoms. The minimum absolute atomic E-state index is 0.0948. The van der Waals surface area contributed by atoms with Crippen LogP contribution in [0.2, 0.25) is 0 Å². The number of methoxy groups -OCH3 is 1. The Balaban J connectivity index is 1.55. The van der Waals surface area contributed by atoms with Crippen molar-refractivity contribution in [2.24, 2.45) is 0 Å². The molecule has 0 aliphatic carbocycles. The van der Waals surface area contributed by atoms with Crippen LogP contribution in [0.3, 0.4) is 0 Å². The van der Waals surface area contributed by atoms with E-state index in [9.17, 15) is 4.79 Å². The fraction of sp³-hybridized carbons (Fsp3) is 0.375. The van der Waals surface area contributed by atoms with Gasteiger partial charge in [-0.15, -0.1) is 10.2 Å². The minimum atomic E-state index is -0.174. The molecule has 0 saturated carbocycles. The lowest BCUT2D eigenvalue weighted by atomic mass is 10.1. The van der Waals surface area contributed by atoms with Gasteiger partial charge in [0.1, 0.15) is 5.75 Å². The number of anilines is 2. The van der Waals surface area contributed by atoms with Gasteiger partial charge >= 0.3 is 0 Å². The van der Waals surface area contributed by atoms with E-state index in [0.717, 1.165) is 60.6 Å². The molecular formula is C24H29N5O2. The molecule has 1 fully saturated rings. The predicted octanol–water partition coefficient (Wildman–Crippen LogP) is 3.49. The van der Waals surface area contributed by atoms with E-state index in [1.165, 1.54) is 0 Å². The lowest BCUT2D eigenvalue weighted by molar-refractivity contribution is 0.0935. The second-order valence-corrected chi connectivity index (χ2v) is 7.88. The molecular weight excluding hydrogens is 390 g/mol. The number of piperazine rings is 1. The van der Waals surface area contributed by atoms with E-state index >= 15 is 0 Å². The van der Waals surface area contributed by atoms with Crippen LogP contribution in [0.1, 0.15) is 30.8 Å². The summed E-state index contributed by atoms with van der Waals surface area (Å²) in [5.41, 5.74) is 1.54. The van der Waals surface area contributed by atoms with Gasteiger partial charge in [0.25, 0.3) is 5.91 Å². The van der Waals surface area contributed by atoms with Crippen LogP contribution >= 0.6 is 0 Å². The highest BCUT2D eigenvalue weighted by Crippen LogP contribution is 2.28. The van der Waals surface area contributed by atoms with Gasteiger partial charge in [0.15, 0.2) is 11.5 Å².